The van der Waals surface area contributed by atoms with Crippen LogP contribution in [0.1, 0.15) is 36.3 Å². The molecule has 5 nitrogen and oxygen atoms in total. The number of nitrogens with one attached hydrogen (secondary N) is 1. The van der Waals surface area contributed by atoms with Gasteiger partial charge in [0.15, 0.2) is 11.5 Å². The van der Waals surface area contributed by atoms with Crippen LogP contribution in [0.4, 0.5) is 0 Å². The molecular formula is C21H23NO4. The van der Waals surface area contributed by atoms with E-state index >= 15 is 0 Å². The first-order valence-corrected chi connectivity index (χ1v) is 9.16. The Morgan fingerprint density at radius 2 is 2.04 bits per heavy atom. The molecule has 1 amide bonds. The van der Waals surface area contributed by atoms with Gasteiger partial charge in [-0.05, 0) is 48.4 Å². The molecule has 26 heavy (non-hydrogen) atoms. The maximum atomic E-state index is 12.3. The van der Waals surface area contributed by atoms with Crippen LogP contribution >= 0.6 is 0 Å². The van der Waals surface area contributed by atoms with E-state index in [1.165, 1.54) is 11.1 Å². The predicted octanol–water partition coefficient (Wildman–Crippen LogP) is 3.42. The zero-order chi connectivity index (χ0) is 17.8. The minimum atomic E-state index is 0.0842. The molecule has 136 valence electrons. The monoisotopic (exact) mass is 353 g/mol. The molecule has 1 aliphatic heterocycles. The van der Waals surface area contributed by atoms with Gasteiger partial charge in [0.2, 0.25) is 12.7 Å². The van der Waals surface area contributed by atoms with Crippen LogP contribution in [0.2, 0.25) is 0 Å². The second-order valence-electron chi connectivity index (χ2n) is 6.71. The van der Waals surface area contributed by atoms with Crippen LogP contribution < -0.4 is 19.5 Å². The zero-order valence-electron chi connectivity index (χ0n) is 14.7. The van der Waals surface area contributed by atoms with E-state index in [9.17, 15) is 4.79 Å². The molecule has 0 saturated carbocycles. The molecule has 2 aromatic carbocycles. The molecule has 1 heterocycles. The smallest absolute Gasteiger partial charge is 0.231 e. The molecule has 1 N–H and O–H groups in total. The van der Waals surface area contributed by atoms with Crippen LogP contribution in [0.5, 0.6) is 17.2 Å². The van der Waals surface area contributed by atoms with Crippen molar-refractivity contribution in [3.05, 3.63) is 53.6 Å². The van der Waals surface area contributed by atoms with Gasteiger partial charge in [0.05, 0.1) is 6.54 Å². The number of aryl methyl sites for hydroxylation is 1. The molecule has 0 bridgehead atoms. The minimum absolute atomic E-state index is 0.0842. The Kier molecular flexibility index (Phi) is 4.95. The molecule has 1 atom stereocenters. The van der Waals surface area contributed by atoms with Gasteiger partial charge >= 0.3 is 0 Å². The molecule has 0 fully saturated rings. The van der Waals surface area contributed by atoms with E-state index < -0.39 is 0 Å². The van der Waals surface area contributed by atoms with Gasteiger partial charge in [-0.1, -0.05) is 24.3 Å². The van der Waals surface area contributed by atoms with Gasteiger partial charge in [-0.25, -0.2) is 0 Å². The lowest BCUT2D eigenvalue weighted by molar-refractivity contribution is -0.121. The molecule has 1 unspecified atom stereocenters. The lowest BCUT2D eigenvalue weighted by Gasteiger charge is -2.25. The fourth-order valence-corrected chi connectivity index (χ4v) is 3.69. The van der Waals surface area contributed by atoms with Gasteiger partial charge in [-0.15, -0.1) is 0 Å². The number of fused-ring (bicyclic) bond motifs is 2. The Hall–Kier alpha value is -2.69. The van der Waals surface area contributed by atoms with E-state index in [0.717, 1.165) is 25.0 Å². The minimum Gasteiger partial charge on any atom is -0.492 e. The van der Waals surface area contributed by atoms with Crippen LogP contribution in [0.25, 0.3) is 0 Å². The average molecular weight is 353 g/mol. The summed E-state index contributed by atoms with van der Waals surface area (Å²) in [5, 5.41) is 2.96. The number of benzene rings is 2. The summed E-state index contributed by atoms with van der Waals surface area (Å²) in [5.74, 6) is 2.56. The predicted molar refractivity (Wildman–Crippen MR) is 97.8 cm³/mol. The van der Waals surface area contributed by atoms with Crippen molar-refractivity contribution in [2.75, 3.05) is 19.9 Å². The van der Waals surface area contributed by atoms with Crippen LogP contribution in [-0.2, 0) is 11.2 Å². The van der Waals surface area contributed by atoms with Gasteiger partial charge in [0, 0.05) is 12.5 Å². The topological polar surface area (TPSA) is 56.8 Å². The summed E-state index contributed by atoms with van der Waals surface area (Å²) in [4.78, 5) is 12.3. The molecular weight excluding hydrogens is 330 g/mol. The maximum absolute atomic E-state index is 12.3. The Labute approximate surface area is 153 Å². The van der Waals surface area contributed by atoms with Crippen molar-refractivity contribution in [1.82, 2.24) is 5.32 Å². The van der Waals surface area contributed by atoms with Gasteiger partial charge in [-0.2, -0.15) is 0 Å². The molecule has 0 aromatic heterocycles. The largest absolute Gasteiger partial charge is 0.492 e. The Morgan fingerprint density at radius 3 is 3.00 bits per heavy atom. The van der Waals surface area contributed by atoms with Crippen molar-refractivity contribution in [2.24, 2.45) is 0 Å². The van der Waals surface area contributed by atoms with Gasteiger partial charge in [-0.3, -0.25) is 4.79 Å². The number of hydrogen-bond donors (Lipinski definition) is 1. The number of rotatable bonds is 6. The Morgan fingerprint density at radius 1 is 1.15 bits per heavy atom. The van der Waals surface area contributed by atoms with E-state index in [0.29, 0.717) is 37.0 Å². The van der Waals surface area contributed by atoms with Gasteiger partial charge in [0.25, 0.3) is 0 Å². The van der Waals surface area contributed by atoms with Crippen molar-refractivity contribution < 1.29 is 19.0 Å². The number of amides is 1. The van der Waals surface area contributed by atoms with Crippen LogP contribution in [0.3, 0.4) is 0 Å². The molecule has 0 radical (unpaired) electrons. The Bertz CT molecular complexity index is 789. The van der Waals surface area contributed by atoms with E-state index in [1.54, 1.807) is 0 Å². The van der Waals surface area contributed by atoms with Crippen molar-refractivity contribution in [3.8, 4) is 17.2 Å². The van der Waals surface area contributed by atoms with Crippen molar-refractivity contribution in [3.63, 3.8) is 0 Å². The SMILES string of the molecule is O=C(CC1CCCc2ccccc21)NCCOc1ccc2c(c1)OCO2. The summed E-state index contributed by atoms with van der Waals surface area (Å²) < 4.78 is 16.3. The van der Waals surface area contributed by atoms with E-state index in [2.05, 4.69) is 29.6 Å². The molecule has 4 rings (SSSR count). The molecule has 5 heteroatoms. The average Bonchev–Trinajstić information content (AvgIpc) is 3.13. The van der Waals surface area contributed by atoms with E-state index in [-0.39, 0.29) is 12.7 Å². The second kappa shape index (κ2) is 7.68. The molecule has 0 saturated heterocycles. The second-order valence-corrected chi connectivity index (χ2v) is 6.71. The third-order valence-corrected chi connectivity index (χ3v) is 4.96. The fourth-order valence-electron chi connectivity index (χ4n) is 3.69. The van der Waals surface area contributed by atoms with Crippen molar-refractivity contribution in [2.45, 2.75) is 31.6 Å². The Balaban J connectivity index is 1.22. The summed E-state index contributed by atoms with van der Waals surface area (Å²) in [6, 6.07) is 14.0. The van der Waals surface area contributed by atoms with Gasteiger partial charge < -0.3 is 19.5 Å². The number of ether oxygens (including phenoxy) is 3. The van der Waals surface area contributed by atoms with Crippen molar-refractivity contribution in [1.29, 1.82) is 0 Å². The summed E-state index contributed by atoms with van der Waals surface area (Å²) in [6.07, 6.45) is 3.90. The molecule has 2 aromatic rings. The molecule has 2 aliphatic rings. The van der Waals surface area contributed by atoms with Crippen molar-refractivity contribution >= 4 is 5.91 Å². The number of carbonyl (C=O) groups excluding carboxylic acids is 1. The summed E-state index contributed by atoms with van der Waals surface area (Å²) >= 11 is 0. The third-order valence-electron chi connectivity index (χ3n) is 4.96. The van der Waals surface area contributed by atoms with E-state index in [4.69, 9.17) is 14.2 Å². The summed E-state index contributed by atoms with van der Waals surface area (Å²) in [7, 11) is 0. The molecule has 1 aliphatic carbocycles. The first-order valence-electron chi connectivity index (χ1n) is 9.16. The first kappa shape index (κ1) is 16.8. The zero-order valence-corrected chi connectivity index (χ0v) is 14.7. The third kappa shape index (κ3) is 3.77. The highest BCUT2D eigenvalue weighted by Crippen LogP contribution is 2.35. The summed E-state index contributed by atoms with van der Waals surface area (Å²) in [5.41, 5.74) is 2.73. The van der Waals surface area contributed by atoms with Crippen LogP contribution in [0, 0.1) is 0 Å². The number of carbonyl (C=O) groups is 1. The first-order chi connectivity index (χ1) is 12.8. The number of hydrogen-bond acceptors (Lipinski definition) is 4. The normalized spacial score (nSPS) is 17.5. The van der Waals surface area contributed by atoms with Crippen LogP contribution in [0.15, 0.2) is 42.5 Å². The standard InChI is InChI=1S/C21H23NO4/c23-21(12-16-6-3-5-15-4-1-2-7-18(15)16)22-10-11-24-17-8-9-19-20(13-17)26-14-25-19/h1-2,4,7-9,13,16H,3,5-6,10-12,14H2,(H,22,23). The van der Waals surface area contributed by atoms with Gasteiger partial charge in [0.1, 0.15) is 12.4 Å². The fraction of sp³-hybridized carbons (Fsp3) is 0.381. The lowest BCUT2D eigenvalue weighted by atomic mass is 9.81. The maximum Gasteiger partial charge on any atom is 0.231 e. The van der Waals surface area contributed by atoms with E-state index in [1.807, 2.05) is 18.2 Å². The molecule has 0 spiro atoms. The summed E-state index contributed by atoms with van der Waals surface area (Å²) in [6.45, 7) is 1.16. The lowest BCUT2D eigenvalue weighted by Crippen LogP contribution is -2.29. The highest BCUT2D eigenvalue weighted by molar-refractivity contribution is 5.77. The highest BCUT2D eigenvalue weighted by Gasteiger charge is 2.22. The quantitative estimate of drug-likeness (QED) is 0.809. The highest BCUT2D eigenvalue weighted by atomic mass is 16.7. The van der Waals surface area contributed by atoms with Crippen LogP contribution in [-0.4, -0.2) is 25.9 Å².